The first kappa shape index (κ1) is 16.4. The van der Waals surface area contributed by atoms with Gasteiger partial charge in [-0.05, 0) is 24.3 Å². The fourth-order valence-corrected chi connectivity index (χ4v) is 2.67. The molecule has 0 radical (unpaired) electrons. The summed E-state index contributed by atoms with van der Waals surface area (Å²) in [6, 6.07) is 15.0. The van der Waals surface area contributed by atoms with Crippen LogP contribution < -0.4 is 15.2 Å². The molecule has 0 fully saturated rings. The Balaban J connectivity index is 1.95. The standard InChI is InChI=1S/C19H18N4O2/c1-24-17-4-3-5-18(25-2)15(17)11-23-12-16(22-19(23)21)14-8-6-13(10-20)7-9-14/h3-9,12H,11H2,1-2H3,(H2,21,22). The molecule has 126 valence electrons. The summed E-state index contributed by atoms with van der Waals surface area (Å²) < 4.78 is 12.7. The predicted molar refractivity (Wildman–Crippen MR) is 95.4 cm³/mol. The second kappa shape index (κ2) is 6.97. The number of rotatable bonds is 5. The van der Waals surface area contributed by atoms with Gasteiger partial charge in [0.15, 0.2) is 0 Å². The molecule has 3 rings (SSSR count). The van der Waals surface area contributed by atoms with Crippen LogP contribution in [0.2, 0.25) is 0 Å². The van der Waals surface area contributed by atoms with Crippen LogP contribution in [-0.2, 0) is 6.54 Å². The lowest BCUT2D eigenvalue weighted by Gasteiger charge is -2.13. The molecule has 2 aromatic carbocycles. The fraction of sp³-hybridized carbons (Fsp3) is 0.158. The first-order chi connectivity index (χ1) is 12.2. The number of hydrogen-bond donors (Lipinski definition) is 1. The molecule has 0 amide bonds. The largest absolute Gasteiger partial charge is 0.496 e. The van der Waals surface area contributed by atoms with Gasteiger partial charge in [-0.3, -0.25) is 0 Å². The SMILES string of the molecule is COc1cccc(OC)c1Cn1cc(-c2ccc(C#N)cc2)nc1N. The van der Waals surface area contributed by atoms with Gasteiger partial charge in [-0.2, -0.15) is 5.26 Å². The predicted octanol–water partition coefficient (Wildman–Crippen LogP) is 3.07. The second-order valence-corrected chi connectivity index (χ2v) is 5.44. The van der Waals surface area contributed by atoms with Crippen LogP contribution in [-0.4, -0.2) is 23.8 Å². The second-order valence-electron chi connectivity index (χ2n) is 5.44. The highest BCUT2D eigenvalue weighted by molar-refractivity contribution is 5.61. The van der Waals surface area contributed by atoms with Gasteiger partial charge in [-0.1, -0.05) is 18.2 Å². The van der Waals surface area contributed by atoms with Gasteiger partial charge in [-0.15, -0.1) is 0 Å². The zero-order chi connectivity index (χ0) is 17.8. The molecule has 0 unspecified atom stereocenters. The average molecular weight is 334 g/mol. The first-order valence-corrected chi connectivity index (χ1v) is 7.69. The van der Waals surface area contributed by atoms with E-state index in [-0.39, 0.29) is 0 Å². The van der Waals surface area contributed by atoms with Crippen LogP contribution in [0.5, 0.6) is 11.5 Å². The summed E-state index contributed by atoms with van der Waals surface area (Å²) in [6.45, 7) is 0.475. The van der Waals surface area contributed by atoms with Gasteiger partial charge in [0, 0.05) is 11.8 Å². The highest BCUT2D eigenvalue weighted by atomic mass is 16.5. The quantitative estimate of drug-likeness (QED) is 0.775. The number of benzene rings is 2. The van der Waals surface area contributed by atoms with E-state index < -0.39 is 0 Å². The van der Waals surface area contributed by atoms with Crippen LogP contribution in [0.4, 0.5) is 5.95 Å². The molecule has 3 aromatic rings. The molecule has 25 heavy (non-hydrogen) atoms. The Bertz CT molecular complexity index is 901. The normalized spacial score (nSPS) is 10.3. The Morgan fingerprint density at radius 3 is 2.28 bits per heavy atom. The molecule has 0 saturated carbocycles. The number of hydrogen-bond acceptors (Lipinski definition) is 5. The van der Waals surface area contributed by atoms with Crippen LogP contribution in [0.25, 0.3) is 11.3 Å². The Morgan fingerprint density at radius 1 is 1.08 bits per heavy atom. The van der Waals surface area contributed by atoms with Gasteiger partial charge in [0.05, 0.1) is 43.7 Å². The van der Waals surface area contributed by atoms with E-state index in [9.17, 15) is 0 Å². The highest BCUT2D eigenvalue weighted by Gasteiger charge is 2.14. The third-order valence-electron chi connectivity index (χ3n) is 3.98. The van der Waals surface area contributed by atoms with Gasteiger partial charge in [-0.25, -0.2) is 4.98 Å². The Labute approximate surface area is 146 Å². The van der Waals surface area contributed by atoms with Gasteiger partial charge < -0.3 is 19.8 Å². The maximum atomic E-state index is 8.90. The van der Waals surface area contributed by atoms with Crippen molar-refractivity contribution in [1.82, 2.24) is 9.55 Å². The summed E-state index contributed by atoms with van der Waals surface area (Å²) in [5.41, 5.74) is 9.23. The van der Waals surface area contributed by atoms with Crippen LogP contribution in [0, 0.1) is 11.3 Å². The van der Waals surface area contributed by atoms with Gasteiger partial charge in [0.2, 0.25) is 5.95 Å². The van der Waals surface area contributed by atoms with E-state index in [2.05, 4.69) is 11.1 Å². The number of nitriles is 1. The topological polar surface area (TPSA) is 86.1 Å². The third kappa shape index (κ3) is 3.26. The van der Waals surface area contributed by atoms with Crippen molar-refractivity contribution in [2.45, 2.75) is 6.54 Å². The van der Waals surface area contributed by atoms with E-state index in [1.165, 1.54) is 0 Å². The Kier molecular flexibility index (Phi) is 4.57. The van der Waals surface area contributed by atoms with E-state index in [1.807, 2.05) is 41.1 Å². The average Bonchev–Trinajstić information content (AvgIpc) is 3.02. The number of ether oxygens (including phenoxy) is 2. The number of nitrogen functional groups attached to an aromatic ring is 1. The van der Waals surface area contributed by atoms with Crippen LogP contribution in [0.1, 0.15) is 11.1 Å². The highest BCUT2D eigenvalue weighted by Crippen LogP contribution is 2.30. The monoisotopic (exact) mass is 334 g/mol. The van der Waals surface area contributed by atoms with E-state index in [0.29, 0.717) is 18.1 Å². The number of methoxy groups -OCH3 is 2. The summed E-state index contributed by atoms with van der Waals surface area (Å²) in [5.74, 6) is 1.85. The van der Waals surface area contributed by atoms with Crippen molar-refractivity contribution in [2.24, 2.45) is 0 Å². The third-order valence-corrected chi connectivity index (χ3v) is 3.98. The molecule has 1 heterocycles. The number of imidazole rings is 1. The fourth-order valence-electron chi connectivity index (χ4n) is 2.67. The first-order valence-electron chi connectivity index (χ1n) is 7.69. The molecule has 0 aliphatic rings. The molecule has 2 N–H and O–H groups in total. The summed E-state index contributed by atoms with van der Waals surface area (Å²) >= 11 is 0. The molecule has 0 aliphatic heterocycles. The maximum Gasteiger partial charge on any atom is 0.201 e. The van der Waals surface area contributed by atoms with E-state index in [1.54, 1.807) is 26.4 Å². The number of nitrogens with zero attached hydrogens (tertiary/aromatic N) is 3. The van der Waals surface area contributed by atoms with Crippen molar-refractivity contribution < 1.29 is 9.47 Å². The van der Waals surface area contributed by atoms with Crippen molar-refractivity contribution in [3.63, 3.8) is 0 Å². The summed E-state index contributed by atoms with van der Waals surface area (Å²) in [4.78, 5) is 4.42. The van der Waals surface area contributed by atoms with Gasteiger partial charge in [0.1, 0.15) is 11.5 Å². The van der Waals surface area contributed by atoms with E-state index in [4.69, 9.17) is 20.5 Å². The minimum atomic E-state index is 0.396. The maximum absolute atomic E-state index is 8.90. The van der Waals surface area contributed by atoms with Gasteiger partial charge in [0.25, 0.3) is 0 Å². The minimum Gasteiger partial charge on any atom is -0.496 e. The smallest absolute Gasteiger partial charge is 0.201 e. The molecular weight excluding hydrogens is 316 g/mol. The molecule has 0 spiro atoms. The lowest BCUT2D eigenvalue weighted by atomic mass is 10.1. The Hall–Kier alpha value is -3.46. The van der Waals surface area contributed by atoms with Gasteiger partial charge >= 0.3 is 0 Å². The molecule has 6 nitrogen and oxygen atoms in total. The molecule has 0 atom stereocenters. The van der Waals surface area contributed by atoms with Crippen molar-refractivity contribution in [2.75, 3.05) is 20.0 Å². The number of nitrogens with two attached hydrogens (primary N) is 1. The molecule has 6 heteroatoms. The number of anilines is 1. The lowest BCUT2D eigenvalue weighted by Crippen LogP contribution is -2.06. The van der Waals surface area contributed by atoms with Crippen LogP contribution >= 0.6 is 0 Å². The number of aromatic nitrogens is 2. The van der Waals surface area contributed by atoms with Crippen molar-refractivity contribution in [3.8, 4) is 28.8 Å². The molecular formula is C19H18N4O2. The molecule has 0 saturated heterocycles. The Morgan fingerprint density at radius 2 is 1.72 bits per heavy atom. The van der Waals surface area contributed by atoms with Crippen molar-refractivity contribution in [1.29, 1.82) is 5.26 Å². The minimum absolute atomic E-state index is 0.396. The van der Waals surface area contributed by atoms with E-state index in [0.717, 1.165) is 28.3 Å². The van der Waals surface area contributed by atoms with Crippen molar-refractivity contribution >= 4 is 5.95 Å². The van der Waals surface area contributed by atoms with Crippen LogP contribution in [0.3, 0.4) is 0 Å². The van der Waals surface area contributed by atoms with E-state index >= 15 is 0 Å². The zero-order valence-electron chi connectivity index (χ0n) is 14.1. The summed E-state index contributed by atoms with van der Waals surface area (Å²) in [5, 5.41) is 8.90. The van der Waals surface area contributed by atoms with Crippen LogP contribution in [0.15, 0.2) is 48.7 Å². The molecule has 0 aliphatic carbocycles. The molecule has 0 bridgehead atoms. The zero-order valence-corrected chi connectivity index (χ0v) is 14.1. The summed E-state index contributed by atoms with van der Waals surface area (Å²) in [6.07, 6.45) is 1.88. The molecule has 1 aromatic heterocycles. The summed E-state index contributed by atoms with van der Waals surface area (Å²) in [7, 11) is 3.25. The lowest BCUT2D eigenvalue weighted by molar-refractivity contribution is 0.383. The van der Waals surface area contributed by atoms with Crippen molar-refractivity contribution in [3.05, 3.63) is 59.8 Å².